The first-order valence-corrected chi connectivity index (χ1v) is 6.97. The van der Waals surface area contributed by atoms with Crippen LogP contribution in [0.2, 0.25) is 0 Å². The van der Waals surface area contributed by atoms with E-state index in [0.717, 1.165) is 19.4 Å². The summed E-state index contributed by atoms with van der Waals surface area (Å²) < 4.78 is 10.7. The standard InChI is InChI=1S/C14H29NO3/c1-6-12(7-2)11-17-10-9-14(4,15-5)13(16)18-8-3/h12,15H,6-11H2,1-5H3. The maximum absolute atomic E-state index is 11.8. The molecule has 1 atom stereocenters. The number of rotatable bonds is 10. The molecule has 0 bridgehead atoms. The minimum Gasteiger partial charge on any atom is -0.465 e. The van der Waals surface area contributed by atoms with E-state index < -0.39 is 5.54 Å². The number of nitrogens with one attached hydrogen (secondary N) is 1. The van der Waals surface area contributed by atoms with Crippen molar-refractivity contribution in [3.63, 3.8) is 0 Å². The molecule has 0 aromatic heterocycles. The molecular formula is C14H29NO3. The van der Waals surface area contributed by atoms with Crippen molar-refractivity contribution in [1.29, 1.82) is 0 Å². The van der Waals surface area contributed by atoms with Gasteiger partial charge in [0.1, 0.15) is 5.54 Å². The van der Waals surface area contributed by atoms with E-state index in [1.807, 2.05) is 13.8 Å². The van der Waals surface area contributed by atoms with Gasteiger partial charge in [-0.1, -0.05) is 26.7 Å². The van der Waals surface area contributed by atoms with Gasteiger partial charge in [0, 0.05) is 13.2 Å². The molecule has 0 aromatic rings. The Hall–Kier alpha value is -0.610. The lowest BCUT2D eigenvalue weighted by molar-refractivity contribution is -0.151. The smallest absolute Gasteiger partial charge is 0.326 e. The predicted octanol–water partition coefficient (Wildman–Crippen LogP) is 2.37. The fourth-order valence-electron chi connectivity index (χ4n) is 1.67. The summed E-state index contributed by atoms with van der Waals surface area (Å²) in [4.78, 5) is 11.8. The van der Waals surface area contributed by atoms with Crippen LogP contribution in [0.25, 0.3) is 0 Å². The molecule has 0 aliphatic heterocycles. The summed E-state index contributed by atoms with van der Waals surface area (Å²) in [6.07, 6.45) is 2.90. The van der Waals surface area contributed by atoms with Crippen molar-refractivity contribution >= 4 is 5.97 Å². The first-order valence-electron chi connectivity index (χ1n) is 6.97. The number of likely N-dealkylation sites (N-methyl/N-ethyl adjacent to an activating group) is 1. The highest BCUT2D eigenvalue weighted by molar-refractivity contribution is 5.80. The number of hydrogen-bond donors (Lipinski definition) is 1. The van der Waals surface area contributed by atoms with Gasteiger partial charge in [0.25, 0.3) is 0 Å². The van der Waals surface area contributed by atoms with Gasteiger partial charge in [-0.2, -0.15) is 0 Å². The van der Waals surface area contributed by atoms with Crippen LogP contribution >= 0.6 is 0 Å². The number of ether oxygens (including phenoxy) is 2. The molecule has 108 valence electrons. The Labute approximate surface area is 111 Å². The molecular weight excluding hydrogens is 230 g/mol. The number of carbonyl (C=O) groups is 1. The van der Waals surface area contributed by atoms with E-state index in [2.05, 4.69) is 19.2 Å². The highest BCUT2D eigenvalue weighted by Crippen LogP contribution is 2.13. The van der Waals surface area contributed by atoms with E-state index in [0.29, 0.717) is 25.6 Å². The van der Waals surface area contributed by atoms with Crippen molar-refractivity contribution in [2.75, 3.05) is 26.9 Å². The summed E-state index contributed by atoms with van der Waals surface area (Å²) in [5, 5.41) is 3.02. The second kappa shape index (κ2) is 9.34. The summed E-state index contributed by atoms with van der Waals surface area (Å²) in [6.45, 7) is 9.78. The molecule has 0 aliphatic rings. The Morgan fingerprint density at radius 3 is 2.33 bits per heavy atom. The van der Waals surface area contributed by atoms with Crippen LogP contribution in [0.1, 0.15) is 47.0 Å². The van der Waals surface area contributed by atoms with Crippen LogP contribution in [0.5, 0.6) is 0 Å². The molecule has 18 heavy (non-hydrogen) atoms. The molecule has 0 spiro atoms. The molecule has 0 rings (SSSR count). The van der Waals surface area contributed by atoms with Crippen LogP contribution in [-0.4, -0.2) is 38.4 Å². The third-order valence-corrected chi connectivity index (χ3v) is 3.53. The zero-order chi connectivity index (χ0) is 14.0. The maximum atomic E-state index is 11.8. The Morgan fingerprint density at radius 2 is 1.89 bits per heavy atom. The monoisotopic (exact) mass is 259 g/mol. The molecule has 4 nitrogen and oxygen atoms in total. The topological polar surface area (TPSA) is 47.6 Å². The molecule has 0 saturated heterocycles. The van der Waals surface area contributed by atoms with Crippen LogP contribution in [0, 0.1) is 5.92 Å². The van der Waals surface area contributed by atoms with Crippen LogP contribution in [0.15, 0.2) is 0 Å². The lowest BCUT2D eigenvalue weighted by Gasteiger charge is -2.26. The van der Waals surface area contributed by atoms with E-state index in [1.54, 1.807) is 7.05 Å². The summed E-state index contributed by atoms with van der Waals surface area (Å²) >= 11 is 0. The first-order chi connectivity index (χ1) is 8.53. The van der Waals surface area contributed by atoms with Gasteiger partial charge in [-0.05, 0) is 33.2 Å². The third-order valence-electron chi connectivity index (χ3n) is 3.53. The Balaban J connectivity index is 4.03. The van der Waals surface area contributed by atoms with Crippen LogP contribution in [-0.2, 0) is 14.3 Å². The van der Waals surface area contributed by atoms with Gasteiger partial charge in [0.2, 0.25) is 0 Å². The molecule has 0 amide bonds. The lowest BCUT2D eigenvalue weighted by atomic mass is 9.99. The third kappa shape index (κ3) is 5.83. The molecule has 1 N–H and O–H groups in total. The van der Waals surface area contributed by atoms with Gasteiger partial charge in [-0.25, -0.2) is 0 Å². The zero-order valence-electron chi connectivity index (χ0n) is 12.5. The summed E-state index contributed by atoms with van der Waals surface area (Å²) in [5.41, 5.74) is -0.649. The van der Waals surface area contributed by atoms with E-state index in [-0.39, 0.29) is 5.97 Å². The van der Waals surface area contributed by atoms with Crippen molar-refractivity contribution in [2.45, 2.75) is 52.5 Å². The first kappa shape index (κ1) is 17.4. The van der Waals surface area contributed by atoms with Crippen molar-refractivity contribution < 1.29 is 14.3 Å². The van der Waals surface area contributed by atoms with Gasteiger partial charge in [0.15, 0.2) is 0 Å². The number of carbonyl (C=O) groups excluding carboxylic acids is 1. The van der Waals surface area contributed by atoms with E-state index >= 15 is 0 Å². The Kier molecular flexibility index (Phi) is 9.02. The van der Waals surface area contributed by atoms with E-state index in [9.17, 15) is 4.79 Å². The average molecular weight is 259 g/mol. The summed E-state index contributed by atoms with van der Waals surface area (Å²) in [5.74, 6) is 0.409. The van der Waals surface area contributed by atoms with Gasteiger partial charge >= 0.3 is 5.97 Å². The van der Waals surface area contributed by atoms with E-state index in [4.69, 9.17) is 9.47 Å². The second-order valence-corrected chi connectivity index (χ2v) is 4.81. The van der Waals surface area contributed by atoms with Crippen LogP contribution < -0.4 is 5.32 Å². The number of esters is 1. The molecule has 0 aromatic carbocycles. The maximum Gasteiger partial charge on any atom is 0.326 e. The summed E-state index contributed by atoms with van der Waals surface area (Å²) in [7, 11) is 1.78. The van der Waals surface area contributed by atoms with Crippen molar-refractivity contribution in [3.8, 4) is 0 Å². The predicted molar refractivity (Wildman–Crippen MR) is 73.6 cm³/mol. The Morgan fingerprint density at radius 1 is 1.28 bits per heavy atom. The van der Waals surface area contributed by atoms with Gasteiger partial charge in [-0.15, -0.1) is 0 Å². The minimum absolute atomic E-state index is 0.210. The highest BCUT2D eigenvalue weighted by Gasteiger charge is 2.32. The van der Waals surface area contributed by atoms with E-state index in [1.165, 1.54) is 0 Å². The second-order valence-electron chi connectivity index (χ2n) is 4.81. The molecule has 0 heterocycles. The van der Waals surface area contributed by atoms with Crippen LogP contribution in [0.3, 0.4) is 0 Å². The van der Waals surface area contributed by atoms with Gasteiger partial charge in [-0.3, -0.25) is 4.79 Å². The fraction of sp³-hybridized carbons (Fsp3) is 0.929. The highest BCUT2D eigenvalue weighted by atomic mass is 16.5. The normalized spacial score (nSPS) is 14.6. The van der Waals surface area contributed by atoms with Crippen molar-refractivity contribution in [1.82, 2.24) is 5.32 Å². The average Bonchev–Trinajstić information content (AvgIpc) is 2.39. The quantitative estimate of drug-likeness (QED) is 0.483. The molecule has 0 aliphatic carbocycles. The lowest BCUT2D eigenvalue weighted by Crippen LogP contribution is -2.49. The molecule has 0 saturated carbocycles. The number of hydrogen-bond acceptors (Lipinski definition) is 4. The van der Waals surface area contributed by atoms with Crippen LogP contribution in [0.4, 0.5) is 0 Å². The fourth-order valence-corrected chi connectivity index (χ4v) is 1.67. The molecule has 4 heteroatoms. The zero-order valence-corrected chi connectivity index (χ0v) is 12.5. The summed E-state index contributed by atoms with van der Waals surface area (Å²) in [6, 6.07) is 0. The molecule has 0 fully saturated rings. The Bertz CT molecular complexity index is 229. The van der Waals surface area contributed by atoms with Crippen molar-refractivity contribution in [3.05, 3.63) is 0 Å². The SMILES string of the molecule is CCOC(=O)C(C)(CCOCC(CC)CC)NC. The van der Waals surface area contributed by atoms with Gasteiger partial charge in [0.05, 0.1) is 6.61 Å². The van der Waals surface area contributed by atoms with Gasteiger partial charge < -0.3 is 14.8 Å². The molecule has 1 unspecified atom stereocenters. The minimum atomic E-state index is -0.649. The molecule has 0 radical (unpaired) electrons. The van der Waals surface area contributed by atoms with Crippen molar-refractivity contribution in [2.24, 2.45) is 5.92 Å². The largest absolute Gasteiger partial charge is 0.465 e.